The minimum Gasteiger partial charge on any atom is -0.326 e. The van der Waals surface area contributed by atoms with Crippen LogP contribution in [-0.4, -0.2) is 16.6 Å². The molecule has 2 rings (SSSR count). The number of halogens is 2. The average molecular weight is 311 g/mol. The number of rotatable bonds is 5. The Morgan fingerprint density at radius 2 is 2.05 bits per heavy atom. The zero-order valence-electron chi connectivity index (χ0n) is 10.5. The molecule has 1 N–H and O–H groups in total. The molecule has 0 bridgehead atoms. The molecule has 2 aromatic rings. The summed E-state index contributed by atoms with van der Waals surface area (Å²) >= 11 is 7.39. The molecule has 104 valence electrons. The van der Waals surface area contributed by atoms with Crippen molar-refractivity contribution in [3.8, 4) is 0 Å². The molecule has 0 spiro atoms. The van der Waals surface area contributed by atoms with Crippen molar-refractivity contribution < 1.29 is 9.18 Å². The molecule has 0 unspecified atom stereocenters. The van der Waals surface area contributed by atoms with Gasteiger partial charge in [0.15, 0.2) is 0 Å². The minimum absolute atomic E-state index is 0.129. The summed E-state index contributed by atoms with van der Waals surface area (Å²) in [5, 5.41) is 3.99. The Bertz CT molecular complexity index is 592. The third-order valence-corrected chi connectivity index (χ3v) is 3.84. The zero-order chi connectivity index (χ0) is 14.4. The highest BCUT2D eigenvalue weighted by Gasteiger charge is 2.05. The number of aromatic nitrogens is 1. The maximum atomic E-state index is 12.7. The Hall–Kier alpha value is -1.59. The zero-order valence-corrected chi connectivity index (χ0v) is 12.0. The van der Waals surface area contributed by atoms with Crippen LogP contribution in [0.3, 0.4) is 0 Å². The summed E-state index contributed by atoms with van der Waals surface area (Å²) in [5.74, 6) is 0.114. The van der Waals surface area contributed by atoms with Gasteiger partial charge in [-0.15, -0.1) is 11.8 Å². The molecule has 1 aromatic carbocycles. The van der Waals surface area contributed by atoms with Gasteiger partial charge in [-0.3, -0.25) is 4.79 Å². The Kier molecular flexibility index (Phi) is 5.38. The van der Waals surface area contributed by atoms with Gasteiger partial charge in [-0.2, -0.15) is 0 Å². The maximum Gasteiger partial charge on any atom is 0.225 e. The predicted molar refractivity (Wildman–Crippen MR) is 79.6 cm³/mol. The lowest BCUT2D eigenvalue weighted by molar-refractivity contribution is -0.115. The van der Waals surface area contributed by atoms with E-state index in [4.69, 9.17) is 11.6 Å². The number of thioether (sulfide) groups is 1. The normalized spacial score (nSPS) is 10.3. The van der Waals surface area contributed by atoms with Crippen molar-refractivity contribution in [2.45, 2.75) is 11.4 Å². The number of nitrogens with zero attached hydrogens (tertiary/aromatic N) is 1. The fourth-order valence-corrected chi connectivity index (χ4v) is 2.58. The highest BCUT2D eigenvalue weighted by molar-refractivity contribution is 7.99. The first kappa shape index (κ1) is 14.8. The average Bonchev–Trinajstić information content (AvgIpc) is 2.43. The second kappa shape index (κ2) is 7.26. The molecule has 0 saturated carbocycles. The van der Waals surface area contributed by atoms with Crippen molar-refractivity contribution in [2.24, 2.45) is 0 Å². The van der Waals surface area contributed by atoms with Gasteiger partial charge in [-0.05, 0) is 36.4 Å². The number of benzene rings is 1. The Morgan fingerprint density at radius 3 is 2.75 bits per heavy atom. The van der Waals surface area contributed by atoms with Crippen LogP contribution in [0.2, 0.25) is 5.02 Å². The van der Waals surface area contributed by atoms with E-state index in [0.717, 1.165) is 0 Å². The number of nitrogens with one attached hydrogen (secondary N) is 1. The van der Waals surface area contributed by atoms with Gasteiger partial charge in [-0.25, -0.2) is 9.37 Å². The van der Waals surface area contributed by atoms with Gasteiger partial charge in [0.05, 0.1) is 5.02 Å². The third-order valence-electron chi connectivity index (χ3n) is 2.42. The maximum absolute atomic E-state index is 12.7. The molecule has 1 aromatic heterocycles. The second-order valence-corrected chi connectivity index (χ2v) is 5.43. The number of anilines is 1. The van der Waals surface area contributed by atoms with E-state index in [2.05, 4.69) is 10.3 Å². The van der Waals surface area contributed by atoms with Gasteiger partial charge in [0.2, 0.25) is 5.91 Å². The first-order valence-electron chi connectivity index (χ1n) is 5.94. The van der Waals surface area contributed by atoms with Crippen LogP contribution in [0.25, 0.3) is 0 Å². The molecule has 0 aliphatic heterocycles. The van der Waals surface area contributed by atoms with E-state index in [0.29, 0.717) is 27.9 Å². The Morgan fingerprint density at radius 1 is 1.30 bits per heavy atom. The number of carbonyl (C=O) groups is 1. The van der Waals surface area contributed by atoms with Crippen LogP contribution < -0.4 is 5.32 Å². The van der Waals surface area contributed by atoms with Gasteiger partial charge in [0.25, 0.3) is 0 Å². The fraction of sp³-hybridized carbons (Fsp3) is 0.143. The quantitative estimate of drug-likeness (QED) is 0.849. The molecule has 1 amide bonds. The number of hydrogen-bond acceptors (Lipinski definition) is 3. The third kappa shape index (κ3) is 4.51. The van der Waals surface area contributed by atoms with Crippen LogP contribution >= 0.6 is 23.4 Å². The molecule has 3 nitrogen and oxygen atoms in total. The highest BCUT2D eigenvalue weighted by atomic mass is 35.5. The van der Waals surface area contributed by atoms with Crippen LogP contribution in [0.5, 0.6) is 0 Å². The number of carbonyl (C=O) groups excluding carboxylic acids is 1. The molecule has 0 fully saturated rings. The molecule has 1 heterocycles. The molecule has 20 heavy (non-hydrogen) atoms. The number of pyridine rings is 1. The largest absolute Gasteiger partial charge is 0.326 e. The summed E-state index contributed by atoms with van der Waals surface area (Å²) in [6.45, 7) is 0. The van der Waals surface area contributed by atoms with E-state index in [1.165, 1.54) is 36.0 Å². The lowest BCUT2D eigenvalue weighted by Crippen LogP contribution is -2.12. The van der Waals surface area contributed by atoms with Crippen LogP contribution in [0.15, 0.2) is 47.6 Å². The monoisotopic (exact) mass is 310 g/mol. The van der Waals surface area contributed by atoms with E-state index in [-0.39, 0.29) is 11.7 Å². The smallest absolute Gasteiger partial charge is 0.225 e. The van der Waals surface area contributed by atoms with Crippen molar-refractivity contribution in [1.29, 1.82) is 0 Å². The number of hydrogen-bond donors (Lipinski definition) is 1. The summed E-state index contributed by atoms with van der Waals surface area (Å²) in [4.78, 5) is 15.8. The first-order chi connectivity index (χ1) is 9.65. The van der Waals surface area contributed by atoms with Crippen LogP contribution in [0.1, 0.15) is 6.42 Å². The molecule has 0 atom stereocenters. The molecular weight excluding hydrogens is 299 g/mol. The fourth-order valence-electron chi connectivity index (χ4n) is 1.47. The molecule has 0 saturated heterocycles. The van der Waals surface area contributed by atoms with Crippen molar-refractivity contribution in [1.82, 2.24) is 4.98 Å². The van der Waals surface area contributed by atoms with E-state index < -0.39 is 0 Å². The lowest BCUT2D eigenvalue weighted by Gasteiger charge is -2.05. The van der Waals surface area contributed by atoms with Gasteiger partial charge in [0.1, 0.15) is 10.8 Å². The Balaban J connectivity index is 1.78. The van der Waals surface area contributed by atoms with Crippen molar-refractivity contribution in [3.05, 3.63) is 53.4 Å². The Labute approximate surface area is 125 Å². The molecule has 0 aliphatic carbocycles. The summed E-state index contributed by atoms with van der Waals surface area (Å²) < 4.78 is 12.7. The van der Waals surface area contributed by atoms with Crippen LogP contribution in [-0.2, 0) is 4.79 Å². The lowest BCUT2D eigenvalue weighted by atomic mass is 10.3. The minimum atomic E-state index is -0.330. The van der Waals surface area contributed by atoms with Crippen molar-refractivity contribution in [2.75, 3.05) is 11.1 Å². The topological polar surface area (TPSA) is 42.0 Å². The molecule has 6 heteroatoms. The summed E-state index contributed by atoms with van der Waals surface area (Å²) in [6.07, 6.45) is 1.99. The van der Waals surface area contributed by atoms with Gasteiger partial charge in [0, 0.05) is 24.1 Å². The molecule has 0 radical (unpaired) electrons. The molecule has 0 aliphatic rings. The first-order valence-corrected chi connectivity index (χ1v) is 7.30. The van der Waals surface area contributed by atoms with Gasteiger partial charge >= 0.3 is 0 Å². The SMILES string of the molecule is O=C(CCSc1ncccc1Cl)Nc1ccc(F)cc1. The standard InChI is InChI=1S/C14H12ClFN2OS/c15-12-2-1-8-17-14(12)20-9-7-13(19)18-11-5-3-10(16)4-6-11/h1-6,8H,7,9H2,(H,18,19). The second-order valence-electron chi connectivity index (χ2n) is 3.94. The van der Waals surface area contributed by atoms with E-state index in [1.54, 1.807) is 18.3 Å². The van der Waals surface area contributed by atoms with Crippen molar-refractivity contribution >= 4 is 35.0 Å². The number of amides is 1. The van der Waals surface area contributed by atoms with Crippen molar-refractivity contribution in [3.63, 3.8) is 0 Å². The highest BCUT2D eigenvalue weighted by Crippen LogP contribution is 2.24. The van der Waals surface area contributed by atoms with Gasteiger partial charge in [-0.1, -0.05) is 11.6 Å². The van der Waals surface area contributed by atoms with E-state index >= 15 is 0 Å². The van der Waals surface area contributed by atoms with E-state index in [9.17, 15) is 9.18 Å². The van der Waals surface area contributed by atoms with Crippen LogP contribution in [0.4, 0.5) is 10.1 Å². The van der Waals surface area contributed by atoms with Crippen LogP contribution in [0, 0.1) is 5.82 Å². The summed E-state index contributed by atoms with van der Waals surface area (Å²) in [6, 6.07) is 9.17. The predicted octanol–water partition coefficient (Wildman–Crippen LogP) is 4.00. The summed E-state index contributed by atoms with van der Waals surface area (Å²) in [5.41, 5.74) is 0.581. The van der Waals surface area contributed by atoms with Gasteiger partial charge < -0.3 is 5.32 Å². The molecular formula is C14H12ClFN2OS. The summed E-state index contributed by atoms with van der Waals surface area (Å²) in [7, 11) is 0. The van der Waals surface area contributed by atoms with E-state index in [1.807, 2.05) is 0 Å².